The standard InChI is InChI=1S/C27H34N4O4/c1-17(2)19-9-11-30(12-10-19)14-20-13-21(35-29-20)16-34-25-6-4-5-22-23(25)15-31(27(22)33)24-8-7-18(3)28-26(24)32/h4-6,13,17,19,24H,3,7-12,14-16H2,1-2H3,(H,28,32). The largest absolute Gasteiger partial charge is 0.485 e. The predicted octanol–water partition coefficient (Wildman–Crippen LogP) is 3.87. The van der Waals surface area contributed by atoms with Crippen molar-refractivity contribution in [1.29, 1.82) is 0 Å². The first-order chi connectivity index (χ1) is 16.9. The maximum atomic E-state index is 13.0. The minimum Gasteiger partial charge on any atom is -0.485 e. The van der Waals surface area contributed by atoms with Crippen molar-refractivity contribution >= 4 is 11.8 Å². The maximum Gasteiger partial charge on any atom is 0.255 e. The Labute approximate surface area is 206 Å². The molecule has 5 rings (SSSR count). The third kappa shape index (κ3) is 4.98. The fraction of sp³-hybridized carbons (Fsp3) is 0.519. The zero-order chi connectivity index (χ0) is 24.5. The number of carbonyl (C=O) groups is 2. The summed E-state index contributed by atoms with van der Waals surface area (Å²) >= 11 is 0. The molecular weight excluding hydrogens is 444 g/mol. The van der Waals surface area contributed by atoms with Crippen molar-refractivity contribution in [2.75, 3.05) is 13.1 Å². The zero-order valence-electron chi connectivity index (χ0n) is 20.6. The molecule has 3 aliphatic heterocycles. The van der Waals surface area contributed by atoms with Crippen LogP contribution in [0.2, 0.25) is 0 Å². The Morgan fingerprint density at radius 2 is 2.03 bits per heavy atom. The van der Waals surface area contributed by atoms with Crippen molar-refractivity contribution in [3.8, 4) is 5.75 Å². The van der Waals surface area contributed by atoms with Crippen LogP contribution in [0.4, 0.5) is 0 Å². The molecule has 1 unspecified atom stereocenters. The number of likely N-dealkylation sites (tertiary alicyclic amines) is 1. The van der Waals surface area contributed by atoms with E-state index in [9.17, 15) is 9.59 Å². The summed E-state index contributed by atoms with van der Waals surface area (Å²) in [6, 6.07) is 6.92. The molecule has 2 aromatic rings. The van der Waals surface area contributed by atoms with Gasteiger partial charge >= 0.3 is 0 Å². The number of carbonyl (C=O) groups excluding carboxylic acids is 2. The van der Waals surface area contributed by atoms with Crippen molar-refractivity contribution in [1.82, 2.24) is 20.3 Å². The van der Waals surface area contributed by atoms with Gasteiger partial charge in [0, 0.05) is 29.4 Å². The summed E-state index contributed by atoms with van der Waals surface area (Å²) in [4.78, 5) is 29.6. The molecule has 1 atom stereocenters. The Kier molecular flexibility index (Phi) is 6.65. The second-order valence-electron chi connectivity index (χ2n) is 10.3. The van der Waals surface area contributed by atoms with E-state index in [1.54, 1.807) is 11.0 Å². The molecule has 2 saturated heterocycles. The number of nitrogens with zero attached hydrogens (tertiary/aromatic N) is 3. The van der Waals surface area contributed by atoms with Crippen LogP contribution in [-0.2, 0) is 24.5 Å². The van der Waals surface area contributed by atoms with E-state index < -0.39 is 6.04 Å². The van der Waals surface area contributed by atoms with Gasteiger partial charge in [-0.3, -0.25) is 14.5 Å². The van der Waals surface area contributed by atoms with Gasteiger partial charge in [-0.15, -0.1) is 0 Å². The number of allylic oxidation sites excluding steroid dienone is 1. The van der Waals surface area contributed by atoms with Crippen LogP contribution in [0, 0.1) is 11.8 Å². The molecule has 0 radical (unpaired) electrons. The maximum absolute atomic E-state index is 13.0. The summed E-state index contributed by atoms with van der Waals surface area (Å²) in [5.74, 6) is 2.53. The number of benzene rings is 1. The molecule has 0 bridgehead atoms. The van der Waals surface area contributed by atoms with E-state index in [0.29, 0.717) is 42.2 Å². The second kappa shape index (κ2) is 9.85. The summed E-state index contributed by atoms with van der Waals surface area (Å²) in [6.07, 6.45) is 3.72. The van der Waals surface area contributed by atoms with Gasteiger partial charge in [-0.2, -0.15) is 0 Å². The van der Waals surface area contributed by atoms with Crippen LogP contribution in [-0.4, -0.2) is 45.9 Å². The number of fused-ring (bicyclic) bond motifs is 1. The molecule has 1 aromatic heterocycles. The van der Waals surface area contributed by atoms with Crippen molar-refractivity contribution < 1.29 is 18.8 Å². The van der Waals surface area contributed by atoms with Gasteiger partial charge in [0.2, 0.25) is 5.91 Å². The minimum absolute atomic E-state index is 0.138. The smallest absolute Gasteiger partial charge is 0.255 e. The number of hydrogen-bond donors (Lipinski definition) is 1. The van der Waals surface area contributed by atoms with Gasteiger partial charge in [0.05, 0.1) is 12.2 Å². The van der Waals surface area contributed by atoms with E-state index in [1.807, 2.05) is 18.2 Å². The number of aromatic nitrogens is 1. The number of amides is 2. The Bertz CT molecular complexity index is 1120. The lowest BCUT2D eigenvalue weighted by atomic mass is 9.87. The highest BCUT2D eigenvalue weighted by molar-refractivity contribution is 6.02. The van der Waals surface area contributed by atoms with E-state index in [1.165, 1.54) is 12.8 Å². The van der Waals surface area contributed by atoms with Crippen LogP contribution in [0.3, 0.4) is 0 Å². The lowest BCUT2D eigenvalue weighted by Crippen LogP contribution is -2.49. The molecule has 1 aromatic carbocycles. The van der Waals surface area contributed by atoms with Crippen molar-refractivity contribution in [2.45, 2.75) is 65.3 Å². The predicted molar refractivity (Wildman–Crippen MR) is 130 cm³/mol. The van der Waals surface area contributed by atoms with Crippen molar-refractivity contribution in [3.63, 3.8) is 0 Å². The van der Waals surface area contributed by atoms with Crippen LogP contribution in [0.1, 0.15) is 66.9 Å². The summed E-state index contributed by atoms with van der Waals surface area (Å²) < 4.78 is 11.6. The number of piperidine rings is 2. The molecule has 2 fully saturated rings. The molecule has 35 heavy (non-hydrogen) atoms. The highest BCUT2D eigenvalue weighted by Crippen LogP contribution is 2.34. The average Bonchev–Trinajstić information content (AvgIpc) is 3.42. The molecule has 8 heteroatoms. The van der Waals surface area contributed by atoms with Gasteiger partial charge in [0.1, 0.15) is 18.4 Å². The first kappa shape index (κ1) is 23.6. The molecule has 2 amide bonds. The Morgan fingerprint density at radius 3 is 2.77 bits per heavy atom. The third-order valence-electron chi connectivity index (χ3n) is 7.59. The number of hydrogen-bond acceptors (Lipinski definition) is 6. The molecule has 186 valence electrons. The summed E-state index contributed by atoms with van der Waals surface area (Å²) in [6.45, 7) is 12.0. The van der Waals surface area contributed by atoms with Crippen LogP contribution in [0.5, 0.6) is 5.75 Å². The lowest BCUT2D eigenvalue weighted by Gasteiger charge is -2.33. The normalized spacial score (nSPS) is 21.5. The van der Waals surface area contributed by atoms with E-state index in [2.05, 4.69) is 35.8 Å². The van der Waals surface area contributed by atoms with Gasteiger partial charge in [-0.05, 0) is 62.7 Å². The summed E-state index contributed by atoms with van der Waals surface area (Å²) in [7, 11) is 0. The van der Waals surface area contributed by atoms with Crippen LogP contribution >= 0.6 is 0 Å². The Balaban J connectivity index is 1.19. The van der Waals surface area contributed by atoms with Crippen LogP contribution in [0.15, 0.2) is 41.1 Å². The molecule has 0 spiro atoms. The Morgan fingerprint density at radius 1 is 1.23 bits per heavy atom. The topological polar surface area (TPSA) is 87.9 Å². The van der Waals surface area contributed by atoms with E-state index in [-0.39, 0.29) is 18.4 Å². The van der Waals surface area contributed by atoms with Crippen LogP contribution in [0.25, 0.3) is 0 Å². The number of rotatable bonds is 7. The number of ether oxygens (including phenoxy) is 1. The fourth-order valence-corrected chi connectivity index (χ4v) is 5.43. The molecule has 3 aliphatic rings. The highest BCUT2D eigenvalue weighted by Gasteiger charge is 2.39. The van der Waals surface area contributed by atoms with Crippen LogP contribution < -0.4 is 10.1 Å². The molecular formula is C27H34N4O4. The average molecular weight is 479 g/mol. The minimum atomic E-state index is -0.490. The van der Waals surface area contributed by atoms with E-state index in [4.69, 9.17) is 9.26 Å². The molecule has 8 nitrogen and oxygen atoms in total. The molecule has 4 heterocycles. The summed E-state index contributed by atoms with van der Waals surface area (Å²) in [5.41, 5.74) is 3.01. The summed E-state index contributed by atoms with van der Waals surface area (Å²) in [5, 5.41) is 7.01. The third-order valence-corrected chi connectivity index (χ3v) is 7.59. The van der Waals surface area contributed by atoms with Gasteiger partial charge in [0.25, 0.3) is 5.91 Å². The zero-order valence-corrected chi connectivity index (χ0v) is 20.6. The first-order valence-electron chi connectivity index (χ1n) is 12.6. The molecule has 0 saturated carbocycles. The van der Waals surface area contributed by atoms with Gasteiger partial charge in [0.15, 0.2) is 5.76 Å². The van der Waals surface area contributed by atoms with Gasteiger partial charge in [-0.1, -0.05) is 31.6 Å². The lowest BCUT2D eigenvalue weighted by molar-refractivity contribution is -0.126. The monoisotopic (exact) mass is 478 g/mol. The molecule has 0 aliphatic carbocycles. The second-order valence-corrected chi connectivity index (χ2v) is 10.3. The SMILES string of the molecule is C=C1CCC(N2Cc3c(OCc4cc(CN5CCC(C(C)C)CC5)no4)cccc3C2=O)C(=O)N1. The Hall–Kier alpha value is -3.13. The van der Waals surface area contributed by atoms with Gasteiger partial charge in [-0.25, -0.2) is 0 Å². The quantitative estimate of drug-likeness (QED) is 0.650. The van der Waals surface area contributed by atoms with E-state index >= 15 is 0 Å². The van der Waals surface area contributed by atoms with Gasteiger partial charge < -0.3 is 19.5 Å². The number of nitrogens with one attached hydrogen (secondary N) is 1. The highest BCUT2D eigenvalue weighted by atomic mass is 16.5. The first-order valence-corrected chi connectivity index (χ1v) is 12.6. The van der Waals surface area contributed by atoms with Crippen molar-refractivity contribution in [2.24, 2.45) is 11.8 Å². The fourth-order valence-electron chi connectivity index (χ4n) is 5.43. The molecule has 1 N–H and O–H groups in total. The van der Waals surface area contributed by atoms with Crippen molar-refractivity contribution in [3.05, 3.63) is 59.1 Å². The van der Waals surface area contributed by atoms with E-state index in [0.717, 1.165) is 42.7 Å².